The van der Waals surface area contributed by atoms with Gasteiger partial charge in [-0.15, -0.1) is 4.36 Å². The van der Waals surface area contributed by atoms with Gasteiger partial charge in [0.2, 0.25) is 0 Å². The highest BCUT2D eigenvalue weighted by Gasteiger charge is 2.01. The van der Waals surface area contributed by atoms with Gasteiger partial charge in [-0.25, -0.2) is 4.39 Å². The largest absolute Gasteiger partial charge is 0.371 e. The standard InChI is InChI=1S/C6H4F3NOS/c7-5-1-3-6(4-2-5)10-12(8,9)11/h1-4H. The minimum Gasteiger partial charge on any atom is -0.207 e. The minimum absolute atomic E-state index is 0.202. The van der Waals surface area contributed by atoms with Crippen LogP contribution < -0.4 is 0 Å². The van der Waals surface area contributed by atoms with Gasteiger partial charge in [0.15, 0.2) is 0 Å². The van der Waals surface area contributed by atoms with Crippen molar-refractivity contribution in [1.29, 1.82) is 0 Å². The predicted octanol–water partition coefficient (Wildman–Crippen LogP) is 2.69. The van der Waals surface area contributed by atoms with E-state index in [9.17, 15) is 16.4 Å². The number of rotatable bonds is 1. The summed E-state index contributed by atoms with van der Waals surface area (Å²) in [6.45, 7) is 0. The molecule has 0 aliphatic heterocycles. The van der Waals surface area contributed by atoms with Crippen LogP contribution in [0.2, 0.25) is 0 Å². The highest BCUT2D eigenvalue weighted by Crippen LogP contribution is 2.16. The van der Waals surface area contributed by atoms with Crippen molar-refractivity contribution in [2.45, 2.75) is 0 Å². The van der Waals surface area contributed by atoms with Crippen molar-refractivity contribution in [3.63, 3.8) is 0 Å². The zero-order valence-electron chi connectivity index (χ0n) is 5.71. The number of hydrogen-bond acceptors (Lipinski definition) is 2. The molecule has 2 nitrogen and oxygen atoms in total. The van der Waals surface area contributed by atoms with E-state index in [0.29, 0.717) is 0 Å². The van der Waals surface area contributed by atoms with Crippen LogP contribution in [-0.2, 0) is 10.5 Å². The number of halogens is 3. The maximum absolute atomic E-state index is 12.2. The van der Waals surface area contributed by atoms with Crippen LogP contribution in [-0.4, -0.2) is 4.21 Å². The van der Waals surface area contributed by atoms with E-state index in [0.717, 1.165) is 24.3 Å². The van der Waals surface area contributed by atoms with E-state index in [1.807, 2.05) is 0 Å². The van der Waals surface area contributed by atoms with Crippen LogP contribution in [0.5, 0.6) is 0 Å². The molecule has 0 heterocycles. The molecule has 0 amide bonds. The van der Waals surface area contributed by atoms with Crippen molar-refractivity contribution in [2.24, 2.45) is 4.36 Å². The summed E-state index contributed by atoms with van der Waals surface area (Å²) in [5.74, 6) is -0.557. The van der Waals surface area contributed by atoms with Gasteiger partial charge in [0.05, 0.1) is 5.69 Å². The fraction of sp³-hybridized carbons (Fsp3) is 0. The molecular weight excluding hydrogens is 191 g/mol. The average Bonchev–Trinajstić information content (AvgIpc) is 1.91. The third-order valence-electron chi connectivity index (χ3n) is 1.04. The van der Waals surface area contributed by atoms with E-state index < -0.39 is 16.3 Å². The Morgan fingerprint density at radius 2 is 1.67 bits per heavy atom. The fourth-order valence-corrected chi connectivity index (χ4v) is 0.992. The molecule has 0 aliphatic carbocycles. The van der Waals surface area contributed by atoms with E-state index >= 15 is 0 Å². The lowest BCUT2D eigenvalue weighted by Gasteiger charge is -1.90. The lowest BCUT2D eigenvalue weighted by atomic mass is 10.3. The van der Waals surface area contributed by atoms with E-state index in [-0.39, 0.29) is 5.69 Å². The first-order chi connectivity index (χ1) is 5.47. The van der Waals surface area contributed by atoms with Crippen LogP contribution in [0.4, 0.5) is 17.8 Å². The zero-order chi connectivity index (χ0) is 9.19. The molecule has 1 rings (SSSR count). The number of benzene rings is 1. The molecule has 0 atom stereocenters. The molecule has 0 N–H and O–H groups in total. The summed E-state index contributed by atoms with van der Waals surface area (Å²) in [5.41, 5.74) is -0.202. The Morgan fingerprint density at radius 3 is 2.08 bits per heavy atom. The number of hydrogen-bond donors (Lipinski definition) is 0. The summed E-state index contributed by atoms with van der Waals surface area (Å²) in [7, 11) is -5.14. The summed E-state index contributed by atoms with van der Waals surface area (Å²) in [5, 5.41) is 0. The Balaban J connectivity index is 3.08. The quantitative estimate of drug-likeness (QED) is 0.633. The molecule has 0 unspecified atom stereocenters. The second-order valence-corrected chi connectivity index (χ2v) is 2.94. The Morgan fingerprint density at radius 1 is 1.17 bits per heavy atom. The van der Waals surface area contributed by atoms with E-state index in [1.165, 1.54) is 0 Å². The van der Waals surface area contributed by atoms with Crippen molar-refractivity contribution < 1.29 is 16.4 Å². The molecule has 0 spiro atoms. The van der Waals surface area contributed by atoms with Gasteiger partial charge in [-0.2, -0.15) is 4.21 Å². The van der Waals surface area contributed by atoms with Gasteiger partial charge in [0, 0.05) is 0 Å². The Labute approximate surface area is 67.8 Å². The third-order valence-corrected chi connectivity index (χ3v) is 1.46. The predicted molar refractivity (Wildman–Crippen MR) is 38.8 cm³/mol. The number of nitrogens with zero attached hydrogens (tertiary/aromatic N) is 1. The van der Waals surface area contributed by atoms with Crippen molar-refractivity contribution in [3.05, 3.63) is 30.1 Å². The third kappa shape index (κ3) is 2.91. The van der Waals surface area contributed by atoms with Crippen LogP contribution in [0.1, 0.15) is 0 Å². The monoisotopic (exact) mass is 195 g/mol. The van der Waals surface area contributed by atoms with Crippen molar-refractivity contribution in [3.8, 4) is 0 Å². The molecule has 0 aromatic heterocycles. The topological polar surface area (TPSA) is 29.4 Å². The van der Waals surface area contributed by atoms with Gasteiger partial charge in [-0.05, 0) is 24.3 Å². The molecule has 12 heavy (non-hydrogen) atoms. The van der Waals surface area contributed by atoms with Crippen molar-refractivity contribution >= 4 is 16.2 Å². The summed E-state index contributed by atoms with van der Waals surface area (Å²) < 4.78 is 48.2. The molecular formula is C6H4F3NOS. The normalized spacial score (nSPS) is 11.2. The fourth-order valence-electron chi connectivity index (χ4n) is 0.625. The lowest BCUT2D eigenvalue weighted by molar-refractivity contribution is 0.588. The molecule has 6 heteroatoms. The Hall–Kier alpha value is -1.04. The average molecular weight is 195 g/mol. The zero-order valence-corrected chi connectivity index (χ0v) is 6.52. The van der Waals surface area contributed by atoms with E-state index in [2.05, 4.69) is 4.36 Å². The summed E-state index contributed by atoms with van der Waals surface area (Å²) in [6.07, 6.45) is 0. The molecule has 0 aliphatic rings. The molecule has 0 saturated heterocycles. The van der Waals surface area contributed by atoms with Crippen LogP contribution in [0, 0.1) is 5.82 Å². The first-order valence-corrected chi connectivity index (χ1v) is 4.21. The van der Waals surface area contributed by atoms with Gasteiger partial charge in [-0.3, -0.25) is 0 Å². The van der Waals surface area contributed by atoms with Gasteiger partial charge >= 0.3 is 10.5 Å². The lowest BCUT2D eigenvalue weighted by Crippen LogP contribution is -1.76. The van der Waals surface area contributed by atoms with Gasteiger partial charge in [-0.1, -0.05) is 7.77 Å². The van der Waals surface area contributed by atoms with Crippen molar-refractivity contribution in [2.75, 3.05) is 0 Å². The first-order valence-electron chi connectivity index (χ1n) is 2.89. The van der Waals surface area contributed by atoms with Gasteiger partial charge < -0.3 is 0 Å². The van der Waals surface area contributed by atoms with Crippen LogP contribution in [0.3, 0.4) is 0 Å². The maximum Gasteiger partial charge on any atom is 0.371 e. The summed E-state index contributed by atoms with van der Waals surface area (Å²) >= 11 is 0. The SMILES string of the molecule is O=S(F)(F)=Nc1ccc(F)cc1. The summed E-state index contributed by atoms with van der Waals surface area (Å²) in [6, 6.07) is 3.97. The van der Waals surface area contributed by atoms with E-state index in [4.69, 9.17) is 0 Å². The molecule has 0 radical (unpaired) electrons. The highest BCUT2D eigenvalue weighted by atomic mass is 32.3. The molecule has 0 bridgehead atoms. The summed E-state index contributed by atoms with van der Waals surface area (Å²) in [4.78, 5) is 0. The molecule has 1 aromatic rings. The molecule has 1 aromatic carbocycles. The maximum atomic E-state index is 12.2. The van der Waals surface area contributed by atoms with Crippen LogP contribution in [0.15, 0.2) is 28.6 Å². The van der Waals surface area contributed by atoms with E-state index in [1.54, 1.807) is 0 Å². The van der Waals surface area contributed by atoms with Gasteiger partial charge in [0.1, 0.15) is 5.82 Å². The van der Waals surface area contributed by atoms with Crippen molar-refractivity contribution in [1.82, 2.24) is 0 Å². The smallest absolute Gasteiger partial charge is 0.207 e. The Bertz CT molecular complexity index is 372. The minimum atomic E-state index is -5.14. The highest BCUT2D eigenvalue weighted by molar-refractivity contribution is 7.83. The molecule has 66 valence electrons. The van der Waals surface area contributed by atoms with Crippen LogP contribution >= 0.6 is 0 Å². The first kappa shape index (κ1) is 9.05. The second-order valence-electron chi connectivity index (χ2n) is 1.96. The second kappa shape index (κ2) is 3.14. The molecule has 0 fully saturated rings. The van der Waals surface area contributed by atoms with Crippen LogP contribution in [0.25, 0.3) is 0 Å². The Kier molecular flexibility index (Phi) is 2.37. The molecule has 0 saturated carbocycles. The van der Waals surface area contributed by atoms with Gasteiger partial charge in [0.25, 0.3) is 0 Å².